The average Bonchev–Trinajstić information content (AvgIpc) is 3.00. The first-order chi connectivity index (χ1) is 13.0. The van der Waals surface area contributed by atoms with Crippen LogP contribution in [0.15, 0.2) is 36.4 Å². The van der Waals surface area contributed by atoms with E-state index in [1.165, 1.54) is 11.3 Å². The number of hydrogen-bond donors (Lipinski definition) is 2. The van der Waals surface area contributed by atoms with Crippen molar-refractivity contribution >= 4 is 51.4 Å². The highest BCUT2D eigenvalue weighted by Gasteiger charge is 2.19. The number of carbonyl (C=O) groups is 1. The maximum Gasteiger partial charge on any atom is 0.327 e. The van der Waals surface area contributed by atoms with Crippen LogP contribution in [-0.4, -0.2) is 22.5 Å². The molecule has 2 heterocycles. The van der Waals surface area contributed by atoms with Crippen LogP contribution in [0.1, 0.15) is 19.4 Å². The summed E-state index contributed by atoms with van der Waals surface area (Å²) >= 11 is 6.56. The number of aromatic amines is 1. The van der Waals surface area contributed by atoms with Gasteiger partial charge in [0.05, 0.1) is 18.0 Å². The summed E-state index contributed by atoms with van der Waals surface area (Å²) in [5.74, 6) is 0.857. The SMILES string of the molecule is CC(C)CN(C(=O)Nc1ccc(CC#N)cc1)c1ccc2[nH]c(=S)sc2n1. The molecule has 0 atom stereocenters. The summed E-state index contributed by atoms with van der Waals surface area (Å²) < 4.78 is 0.659. The summed E-state index contributed by atoms with van der Waals surface area (Å²) in [5, 5.41) is 11.7. The second-order valence-electron chi connectivity index (χ2n) is 6.50. The van der Waals surface area contributed by atoms with E-state index in [-0.39, 0.29) is 11.9 Å². The molecule has 0 unspecified atom stereocenters. The summed E-state index contributed by atoms with van der Waals surface area (Å²) in [6, 6.07) is 12.8. The van der Waals surface area contributed by atoms with Crippen LogP contribution in [-0.2, 0) is 6.42 Å². The van der Waals surface area contributed by atoms with E-state index in [1.54, 1.807) is 17.0 Å². The second kappa shape index (κ2) is 8.29. The number of aromatic nitrogens is 2. The third-order valence-corrected chi connectivity index (χ3v) is 4.97. The number of nitriles is 1. The van der Waals surface area contributed by atoms with E-state index >= 15 is 0 Å². The lowest BCUT2D eigenvalue weighted by Gasteiger charge is -2.24. The molecule has 0 aliphatic carbocycles. The van der Waals surface area contributed by atoms with Crippen molar-refractivity contribution in [3.05, 3.63) is 45.9 Å². The molecule has 3 rings (SSSR count). The van der Waals surface area contributed by atoms with Crippen molar-refractivity contribution in [1.29, 1.82) is 5.26 Å². The van der Waals surface area contributed by atoms with E-state index in [0.717, 1.165) is 15.9 Å². The van der Waals surface area contributed by atoms with Crippen molar-refractivity contribution in [3.63, 3.8) is 0 Å². The first-order valence-electron chi connectivity index (χ1n) is 8.50. The van der Waals surface area contributed by atoms with Crippen molar-refractivity contribution < 1.29 is 4.79 Å². The number of H-pyrrole nitrogens is 1. The molecule has 2 aromatic heterocycles. The number of urea groups is 1. The topological polar surface area (TPSA) is 84.8 Å². The smallest absolute Gasteiger partial charge is 0.327 e. The molecule has 6 nitrogen and oxygen atoms in total. The summed E-state index contributed by atoms with van der Waals surface area (Å²) in [6.07, 6.45) is 0.348. The molecule has 0 bridgehead atoms. The van der Waals surface area contributed by atoms with Gasteiger partial charge in [-0.3, -0.25) is 4.90 Å². The predicted octanol–water partition coefficient (Wildman–Crippen LogP) is 5.11. The van der Waals surface area contributed by atoms with Gasteiger partial charge < -0.3 is 10.3 Å². The van der Waals surface area contributed by atoms with Gasteiger partial charge in [0.2, 0.25) is 0 Å². The zero-order chi connectivity index (χ0) is 19.4. The van der Waals surface area contributed by atoms with Crippen molar-refractivity contribution in [1.82, 2.24) is 9.97 Å². The van der Waals surface area contributed by atoms with Crippen molar-refractivity contribution in [2.24, 2.45) is 5.92 Å². The number of fused-ring (bicyclic) bond motifs is 1. The Bertz CT molecular complexity index is 1050. The Morgan fingerprint density at radius 1 is 1.33 bits per heavy atom. The number of nitrogens with one attached hydrogen (secondary N) is 2. The molecule has 0 radical (unpaired) electrons. The van der Waals surface area contributed by atoms with Crippen LogP contribution in [0.25, 0.3) is 10.3 Å². The lowest BCUT2D eigenvalue weighted by molar-refractivity contribution is 0.256. The number of hydrogen-bond acceptors (Lipinski definition) is 5. The van der Waals surface area contributed by atoms with E-state index in [0.29, 0.717) is 28.4 Å². The van der Waals surface area contributed by atoms with Gasteiger partial charge >= 0.3 is 6.03 Å². The zero-order valence-electron chi connectivity index (χ0n) is 15.0. The van der Waals surface area contributed by atoms with Gasteiger partial charge in [-0.25, -0.2) is 9.78 Å². The maximum atomic E-state index is 12.9. The molecule has 0 saturated heterocycles. The monoisotopic (exact) mass is 397 g/mol. The van der Waals surface area contributed by atoms with E-state index < -0.39 is 0 Å². The Labute approximate surface area is 166 Å². The number of benzene rings is 1. The number of amides is 2. The fraction of sp³-hybridized carbons (Fsp3) is 0.263. The highest BCUT2D eigenvalue weighted by molar-refractivity contribution is 7.73. The van der Waals surface area contributed by atoms with E-state index in [9.17, 15) is 4.79 Å². The summed E-state index contributed by atoms with van der Waals surface area (Å²) in [4.78, 5) is 23.0. The highest BCUT2D eigenvalue weighted by Crippen LogP contribution is 2.23. The molecule has 2 N–H and O–H groups in total. The van der Waals surface area contributed by atoms with Crippen LogP contribution in [0.2, 0.25) is 0 Å². The van der Waals surface area contributed by atoms with Gasteiger partial charge in [0.1, 0.15) is 10.6 Å². The van der Waals surface area contributed by atoms with Crippen LogP contribution >= 0.6 is 23.6 Å². The maximum absolute atomic E-state index is 12.9. The van der Waals surface area contributed by atoms with Gasteiger partial charge in [-0.05, 0) is 48.0 Å². The van der Waals surface area contributed by atoms with Gasteiger partial charge in [-0.2, -0.15) is 5.26 Å². The Morgan fingerprint density at radius 2 is 2.07 bits per heavy atom. The molecule has 2 amide bonds. The quantitative estimate of drug-likeness (QED) is 0.586. The van der Waals surface area contributed by atoms with Crippen LogP contribution in [0, 0.1) is 21.2 Å². The Hall–Kier alpha value is -2.76. The zero-order valence-corrected chi connectivity index (χ0v) is 16.7. The molecule has 3 aromatic rings. The fourth-order valence-corrected chi connectivity index (χ4v) is 3.66. The summed E-state index contributed by atoms with van der Waals surface area (Å²) in [7, 11) is 0. The van der Waals surface area contributed by atoms with Crippen molar-refractivity contribution in [2.45, 2.75) is 20.3 Å². The summed E-state index contributed by atoms with van der Waals surface area (Å²) in [5.41, 5.74) is 2.45. The Balaban J connectivity index is 1.85. The molecule has 138 valence electrons. The first kappa shape index (κ1) is 19.0. The lowest BCUT2D eigenvalue weighted by atomic mass is 10.1. The summed E-state index contributed by atoms with van der Waals surface area (Å²) in [6.45, 7) is 4.64. The average molecular weight is 398 g/mol. The minimum Gasteiger partial charge on any atom is -0.336 e. The molecule has 0 fully saturated rings. The number of carbonyl (C=O) groups excluding carboxylic acids is 1. The molecular formula is C19H19N5OS2. The van der Waals surface area contributed by atoms with Crippen molar-refractivity contribution in [2.75, 3.05) is 16.8 Å². The molecule has 0 aliphatic rings. The minimum atomic E-state index is -0.247. The number of anilines is 2. The van der Waals surface area contributed by atoms with E-state index in [4.69, 9.17) is 17.5 Å². The number of thiazole rings is 1. The fourth-order valence-electron chi connectivity index (χ4n) is 2.61. The Morgan fingerprint density at radius 3 is 2.74 bits per heavy atom. The minimum absolute atomic E-state index is 0.247. The van der Waals surface area contributed by atoms with Crippen LogP contribution in [0.5, 0.6) is 0 Å². The Kier molecular flexibility index (Phi) is 5.84. The highest BCUT2D eigenvalue weighted by atomic mass is 32.1. The normalized spacial score (nSPS) is 10.7. The third kappa shape index (κ3) is 4.70. The molecule has 1 aromatic carbocycles. The van der Waals surface area contributed by atoms with E-state index in [1.807, 2.05) is 24.3 Å². The third-order valence-electron chi connectivity index (χ3n) is 3.83. The second-order valence-corrected chi connectivity index (χ2v) is 8.17. The lowest BCUT2D eigenvalue weighted by Crippen LogP contribution is -2.38. The first-order valence-corrected chi connectivity index (χ1v) is 9.73. The van der Waals surface area contributed by atoms with Gasteiger partial charge in [0.25, 0.3) is 0 Å². The molecular weight excluding hydrogens is 378 g/mol. The molecule has 0 saturated carbocycles. The number of rotatable bonds is 5. The molecule has 0 spiro atoms. The van der Waals surface area contributed by atoms with Crippen LogP contribution in [0.4, 0.5) is 16.3 Å². The number of nitrogens with zero attached hydrogens (tertiary/aromatic N) is 3. The van der Waals surface area contributed by atoms with Gasteiger partial charge in [0, 0.05) is 12.2 Å². The molecule has 27 heavy (non-hydrogen) atoms. The standard InChI is InChI=1S/C19H19N5OS2/c1-12(2)11-24(16-8-7-15-17(23-16)27-19(26)22-15)18(25)21-14-5-3-13(4-6-14)9-10-20/h3-8,12H,9,11H2,1-2H3,(H,21,25)(H,22,26). The van der Waals surface area contributed by atoms with E-state index in [2.05, 4.69) is 35.2 Å². The van der Waals surface area contributed by atoms with Crippen molar-refractivity contribution in [3.8, 4) is 6.07 Å². The van der Waals surface area contributed by atoms with Gasteiger partial charge in [-0.15, -0.1) is 0 Å². The van der Waals surface area contributed by atoms with Crippen LogP contribution < -0.4 is 10.2 Å². The largest absolute Gasteiger partial charge is 0.336 e. The predicted molar refractivity (Wildman–Crippen MR) is 112 cm³/mol. The molecule has 0 aliphatic heterocycles. The number of pyridine rings is 1. The van der Waals surface area contributed by atoms with Crippen LogP contribution in [0.3, 0.4) is 0 Å². The van der Waals surface area contributed by atoms with Gasteiger partial charge in [-0.1, -0.05) is 37.3 Å². The molecule has 8 heteroatoms. The van der Waals surface area contributed by atoms with Gasteiger partial charge in [0.15, 0.2) is 3.95 Å².